The summed E-state index contributed by atoms with van der Waals surface area (Å²) in [6, 6.07) is 7.43. The molecule has 16 heavy (non-hydrogen) atoms. The van der Waals surface area contributed by atoms with E-state index in [-0.39, 0.29) is 0 Å². The van der Waals surface area contributed by atoms with Gasteiger partial charge in [0.05, 0.1) is 15.7 Å². The van der Waals surface area contributed by atoms with Gasteiger partial charge in [-0.25, -0.2) is 4.68 Å². The first-order chi connectivity index (χ1) is 7.61. The Kier molecular flexibility index (Phi) is 2.99. The molecule has 0 radical (unpaired) electrons. The van der Waals surface area contributed by atoms with E-state index < -0.39 is 0 Å². The van der Waals surface area contributed by atoms with Crippen LogP contribution in [-0.4, -0.2) is 9.78 Å². The zero-order valence-electron chi connectivity index (χ0n) is 7.98. The van der Waals surface area contributed by atoms with Crippen LogP contribution in [-0.2, 0) is 0 Å². The molecule has 0 aliphatic heterocycles. The topological polar surface area (TPSA) is 67.6 Å². The molecule has 2 aromatic rings. The Morgan fingerprint density at radius 1 is 1.31 bits per heavy atom. The zero-order valence-corrected chi connectivity index (χ0v) is 11.2. The number of nitrogens with zero attached hydrogens (tertiary/aromatic N) is 3. The molecule has 80 valence electrons. The van der Waals surface area contributed by atoms with E-state index >= 15 is 0 Å². The van der Waals surface area contributed by atoms with Gasteiger partial charge in [0.15, 0.2) is 5.82 Å². The molecule has 1 heterocycles. The van der Waals surface area contributed by atoms with Gasteiger partial charge in [-0.2, -0.15) is 5.26 Å². The number of aromatic nitrogens is 2. The number of rotatable bonds is 1. The second kappa shape index (κ2) is 4.28. The quantitative estimate of drug-likeness (QED) is 0.867. The van der Waals surface area contributed by atoms with Crippen LogP contribution >= 0.6 is 31.9 Å². The summed E-state index contributed by atoms with van der Waals surface area (Å²) in [5, 5.41) is 12.9. The van der Waals surface area contributed by atoms with E-state index in [1.165, 1.54) is 0 Å². The molecule has 0 amide bonds. The van der Waals surface area contributed by atoms with E-state index in [2.05, 4.69) is 43.0 Å². The van der Waals surface area contributed by atoms with Crippen LogP contribution in [0.4, 0.5) is 5.82 Å². The molecule has 6 heteroatoms. The van der Waals surface area contributed by atoms with Crippen molar-refractivity contribution in [2.24, 2.45) is 0 Å². The van der Waals surface area contributed by atoms with Gasteiger partial charge < -0.3 is 5.73 Å². The third kappa shape index (κ3) is 1.96. The summed E-state index contributed by atoms with van der Waals surface area (Å²) >= 11 is 6.61. The molecule has 2 rings (SSSR count). The predicted molar refractivity (Wildman–Crippen MR) is 68.1 cm³/mol. The molecule has 0 aliphatic rings. The molecular weight excluding hydrogens is 336 g/mol. The average molecular weight is 342 g/mol. The number of halogens is 2. The molecule has 2 N–H and O–H groups in total. The summed E-state index contributed by atoms with van der Waals surface area (Å²) in [5.74, 6) is 0.431. The third-order valence-corrected chi connectivity index (χ3v) is 3.30. The summed E-state index contributed by atoms with van der Waals surface area (Å²) in [6.45, 7) is 0. The summed E-state index contributed by atoms with van der Waals surface area (Å²) in [5.41, 5.74) is 7.05. The van der Waals surface area contributed by atoms with Crippen molar-refractivity contribution in [2.75, 3.05) is 5.73 Å². The van der Waals surface area contributed by atoms with Crippen LogP contribution in [0, 0.1) is 11.3 Å². The lowest BCUT2D eigenvalue weighted by atomic mass is 10.2. The average Bonchev–Trinajstić information content (AvgIpc) is 2.59. The SMILES string of the molecule is N#Cc1ccc(-n2cc(Br)c(N)n2)cc1Br. The van der Waals surface area contributed by atoms with Crippen molar-refractivity contribution in [3.63, 3.8) is 0 Å². The number of nitriles is 1. The lowest BCUT2D eigenvalue weighted by molar-refractivity contribution is 0.884. The highest BCUT2D eigenvalue weighted by Crippen LogP contribution is 2.23. The first-order valence-corrected chi connectivity index (χ1v) is 5.91. The van der Waals surface area contributed by atoms with Crippen molar-refractivity contribution < 1.29 is 0 Å². The molecule has 1 aromatic heterocycles. The first kappa shape index (κ1) is 11.2. The van der Waals surface area contributed by atoms with Gasteiger partial charge in [0, 0.05) is 10.7 Å². The normalized spacial score (nSPS) is 10.1. The van der Waals surface area contributed by atoms with Crippen molar-refractivity contribution in [1.82, 2.24) is 9.78 Å². The van der Waals surface area contributed by atoms with Gasteiger partial charge in [0.1, 0.15) is 6.07 Å². The van der Waals surface area contributed by atoms with Crippen LogP contribution in [0.3, 0.4) is 0 Å². The summed E-state index contributed by atoms with van der Waals surface area (Å²) in [4.78, 5) is 0. The van der Waals surface area contributed by atoms with Crippen LogP contribution in [0.25, 0.3) is 5.69 Å². The highest BCUT2D eigenvalue weighted by atomic mass is 79.9. The fourth-order valence-electron chi connectivity index (χ4n) is 1.24. The maximum absolute atomic E-state index is 8.80. The van der Waals surface area contributed by atoms with E-state index in [0.717, 1.165) is 14.6 Å². The fraction of sp³-hybridized carbons (Fsp3) is 0. The van der Waals surface area contributed by atoms with Crippen LogP contribution in [0.2, 0.25) is 0 Å². The second-order valence-electron chi connectivity index (χ2n) is 3.08. The molecule has 0 saturated carbocycles. The lowest BCUT2D eigenvalue weighted by Gasteiger charge is -2.02. The molecule has 0 aliphatic carbocycles. The molecule has 0 unspecified atom stereocenters. The molecule has 1 aromatic carbocycles. The monoisotopic (exact) mass is 340 g/mol. The van der Waals surface area contributed by atoms with Crippen LogP contribution in [0.15, 0.2) is 33.3 Å². The van der Waals surface area contributed by atoms with Gasteiger partial charge in [0.25, 0.3) is 0 Å². The summed E-state index contributed by atoms with van der Waals surface area (Å²) in [6.07, 6.45) is 1.77. The number of hydrogen-bond donors (Lipinski definition) is 1. The molecular formula is C10H6Br2N4. The maximum atomic E-state index is 8.80. The predicted octanol–water partition coefficient (Wildman–Crippen LogP) is 2.85. The fourth-order valence-corrected chi connectivity index (χ4v) is 1.96. The second-order valence-corrected chi connectivity index (χ2v) is 4.79. The molecule has 0 bridgehead atoms. The minimum absolute atomic E-state index is 0.431. The van der Waals surface area contributed by atoms with Crippen molar-refractivity contribution in [1.29, 1.82) is 5.26 Å². The minimum atomic E-state index is 0.431. The Morgan fingerprint density at radius 2 is 2.06 bits per heavy atom. The standard InChI is InChI=1S/C10H6Br2N4/c11-8-3-7(2-1-6(8)4-13)16-5-9(12)10(14)15-16/h1-3,5H,(H2,14,15). The number of benzene rings is 1. The van der Waals surface area contributed by atoms with Gasteiger partial charge >= 0.3 is 0 Å². The van der Waals surface area contributed by atoms with Gasteiger partial charge in [-0.05, 0) is 50.1 Å². The Hall–Kier alpha value is -1.32. The van der Waals surface area contributed by atoms with Gasteiger partial charge in [-0.3, -0.25) is 0 Å². The van der Waals surface area contributed by atoms with E-state index in [0.29, 0.717) is 11.4 Å². The van der Waals surface area contributed by atoms with Crippen LogP contribution in [0.1, 0.15) is 5.56 Å². The Bertz CT molecular complexity index is 563. The van der Waals surface area contributed by atoms with Crippen LogP contribution < -0.4 is 5.73 Å². The number of nitrogens with two attached hydrogens (primary N) is 1. The van der Waals surface area contributed by atoms with Crippen molar-refractivity contribution in [2.45, 2.75) is 0 Å². The van der Waals surface area contributed by atoms with E-state index in [1.807, 2.05) is 12.1 Å². The summed E-state index contributed by atoms with van der Waals surface area (Å²) < 4.78 is 3.12. The lowest BCUT2D eigenvalue weighted by Crippen LogP contribution is -1.96. The molecule has 0 atom stereocenters. The molecule has 0 spiro atoms. The Balaban J connectivity index is 2.50. The third-order valence-electron chi connectivity index (χ3n) is 2.03. The largest absolute Gasteiger partial charge is 0.381 e. The molecule has 0 fully saturated rings. The van der Waals surface area contributed by atoms with Crippen molar-refractivity contribution in [3.8, 4) is 11.8 Å². The van der Waals surface area contributed by atoms with E-state index in [1.54, 1.807) is 16.9 Å². The highest BCUT2D eigenvalue weighted by Gasteiger charge is 2.06. The summed E-state index contributed by atoms with van der Waals surface area (Å²) in [7, 11) is 0. The molecule has 4 nitrogen and oxygen atoms in total. The van der Waals surface area contributed by atoms with Gasteiger partial charge in [-0.15, -0.1) is 5.10 Å². The van der Waals surface area contributed by atoms with Gasteiger partial charge in [-0.1, -0.05) is 0 Å². The Morgan fingerprint density at radius 3 is 2.56 bits per heavy atom. The number of nitrogen functional groups attached to an aromatic ring is 1. The van der Waals surface area contributed by atoms with E-state index in [4.69, 9.17) is 11.0 Å². The maximum Gasteiger partial charge on any atom is 0.160 e. The van der Waals surface area contributed by atoms with Crippen molar-refractivity contribution >= 4 is 37.7 Å². The van der Waals surface area contributed by atoms with Crippen molar-refractivity contribution in [3.05, 3.63) is 38.9 Å². The molecule has 0 saturated heterocycles. The van der Waals surface area contributed by atoms with Crippen LogP contribution in [0.5, 0.6) is 0 Å². The smallest absolute Gasteiger partial charge is 0.160 e. The van der Waals surface area contributed by atoms with E-state index in [9.17, 15) is 0 Å². The first-order valence-electron chi connectivity index (χ1n) is 4.32. The number of anilines is 1. The minimum Gasteiger partial charge on any atom is -0.381 e. The van der Waals surface area contributed by atoms with Gasteiger partial charge in [0.2, 0.25) is 0 Å². The zero-order chi connectivity index (χ0) is 11.7. The Labute approximate surface area is 109 Å². The highest BCUT2D eigenvalue weighted by molar-refractivity contribution is 9.10. The number of hydrogen-bond acceptors (Lipinski definition) is 3.